The maximum Gasteiger partial charge on any atom is 0.328 e. The second-order valence-electron chi connectivity index (χ2n) is 8.36. The molecule has 0 radical (unpaired) electrons. The quantitative estimate of drug-likeness (QED) is 0.650. The van der Waals surface area contributed by atoms with Gasteiger partial charge in [0.25, 0.3) is 5.56 Å². The minimum absolute atomic E-state index is 0.00977. The Hall–Kier alpha value is -2.42. The average Bonchev–Trinajstić information content (AvgIpc) is 3.37. The lowest BCUT2D eigenvalue weighted by atomic mass is 9.81. The van der Waals surface area contributed by atoms with Crippen LogP contribution in [0.25, 0.3) is 10.2 Å². The molecule has 2 aliphatic rings. The summed E-state index contributed by atoms with van der Waals surface area (Å²) >= 11 is 1.34. The molecule has 0 bridgehead atoms. The molecule has 162 valence electrons. The lowest BCUT2D eigenvalue weighted by Crippen LogP contribution is -2.39. The van der Waals surface area contributed by atoms with Crippen molar-refractivity contribution < 1.29 is 9.59 Å². The van der Waals surface area contributed by atoms with Gasteiger partial charge in [0.15, 0.2) is 0 Å². The molecule has 1 aliphatic heterocycles. The molecule has 8 nitrogen and oxygen atoms in total. The number of nitrogens with zero attached hydrogens (tertiary/aromatic N) is 2. The number of aromatic amines is 1. The molecule has 2 aromatic heterocycles. The molecule has 0 atom stereocenters. The van der Waals surface area contributed by atoms with Crippen LogP contribution in [0.4, 0.5) is 0 Å². The fraction of sp³-hybridized carbons (Fsp3) is 0.619. The third-order valence-corrected chi connectivity index (χ3v) is 7.23. The highest BCUT2D eigenvalue weighted by atomic mass is 32.1. The first-order valence-corrected chi connectivity index (χ1v) is 11.7. The fourth-order valence-corrected chi connectivity index (χ4v) is 5.37. The van der Waals surface area contributed by atoms with Gasteiger partial charge in [-0.1, -0.05) is 0 Å². The summed E-state index contributed by atoms with van der Waals surface area (Å²) in [6.07, 6.45) is 5.57. The van der Waals surface area contributed by atoms with Crippen LogP contribution in [0.15, 0.2) is 21.0 Å². The second-order valence-corrected chi connectivity index (χ2v) is 9.27. The van der Waals surface area contributed by atoms with E-state index in [-0.39, 0.29) is 34.9 Å². The third kappa shape index (κ3) is 4.50. The van der Waals surface area contributed by atoms with Gasteiger partial charge in [0.2, 0.25) is 11.8 Å². The lowest BCUT2D eigenvalue weighted by molar-refractivity contribution is -0.127. The summed E-state index contributed by atoms with van der Waals surface area (Å²) in [5.41, 5.74) is 0.0167. The molecule has 2 N–H and O–H groups in total. The number of nitrogens with one attached hydrogen (secondary N) is 2. The van der Waals surface area contributed by atoms with Gasteiger partial charge in [-0.05, 0) is 55.9 Å². The summed E-state index contributed by atoms with van der Waals surface area (Å²) in [5, 5.41) is 4.81. The van der Waals surface area contributed by atoms with Gasteiger partial charge in [-0.25, -0.2) is 4.79 Å². The summed E-state index contributed by atoms with van der Waals surface area (Å²) in [5.74, 6) is 0.517. The van der Waals surface area contributed by atoms with Gasteiger partial charge < -0.3 is 15.2 Å². The molecule has 0 spiro atoms. The molecular formula is C21H28N4O4S. The molecule has 0 unspecified atom stereocenters. The Morgan fingerprint density at radius 2 is 2.00 bits per heavy atom. The number of fused-ring (bicyclic) bond motifs is 1. The monoisotopic (exact) mass is 432 g/mol. The minimum Gasteiger partial charge on any atom is -0.356 e. The van der Waals surface area contributed by atoms with Crippen LogP contribution in [-0.4, -0.2) is 45.9 Å². The molecule has 30 heavy (non-hydrogen) atoms. The Bertz CT molecular complexity index is 1030. The summed E-state index contributed by atoms with van der Waals surface area (Å²) in [4.78, 5) is 53.6. The van der Waals surface area contributed by atoms with Gasteiger partial charge in [-0.3, -0.25) is 19.0 Å². The van der Waals surface area contributed by atoms with Crippen LogP contribution in [0, 0.1) is 11.8 Å². The van der Waals surface area contributed by atoms with Gasteiger partial charge in [-0.2, -0.15) is 0 Å². The second kappa shape index (κ2) is 9.16. The summed E-state index contributed by atoms with van der Waals surface area (Å²) in [6.45, 7) is 2.54. The number of hydrogen-bond acceptors (Lipinski definition) is 5. The van der Waals surface area contributed by atoms with Crippen LogP contribution in [-0.2, 0) is 16.1 Å². The number of aromatic nitrogens is 2. The van der Waals surface area contributed by atoms with Crippen LogP contribution in [0.3, 0.4) is 0 Å². The number of amides is 2. The zero-order valence-corrected chi connectivity index (χ0v) is 17.8. The van der Waals surface area contributed by atoms with Crippen molar-refractivity contribution in [3.8, 4) is 0 Å². The zero-order valence-electron chi connectivity index (χ0n) is 17.0. The SMILES string of the molecule is O=C(NCCCN1CCCC1=O)C1CCC(Cn2c(=O)[nH]c3ccsc3c2=O)CC1. The molecule has 1 aliphatic carbocycles. The van der Waals surface area contributed by atoms with Crippen molar-refractivity contribution in [2.45, 2.75) is 51.5 Å². The molecule has 3 heterocycles. The lowest BCUT2D eigenvalue weighted by Gasteiger charge is -2.28. The van der Waals surface area contributed by atoms with E-state index in [2.05, 4.69) is 10.3 Å². The topological polar surface area (TPSA) is 104 Å². The van der Waals surface area contributed by atoms with Crippen molar-refractivity contribution in [2.24, 2.45) is 11.8 Å². The van der Waals surface area contributed by atoms with Crippen LogP contribution in [0.2, 0.25) is 0 Å². The molecule has 1 saturated carbocycles. The van der Waals surface area contributed by atoms with Crippen molar-refractivity contribution in [3.63, 3.8) is 0 Å². The van der Waals surface area contributed by atoms with E-state index in [1.54, 1.807) is 11.4 Å². The van der Waals surface area contributed by atoms with Gasteiger partial charge in [0.1, 0.15) is 4.70 Å². The van der Waals surface area contributed by atoms with Gasteiger partial charge in [-0.15, -0.1) is 11.3 Å². The Labute approximate surface area is 178 Å². The van der Waals surface area contributed by atoms with Crippen LogP contribution in [0.1, 0.15) is 44.9 Å². The summed E-state index contributed by atoms with van der Waals surface area (Å²) in [6, 6.07) is 1.75. The Kier molecular flexibility index (Phi) is 6.36. The standard InChI is InChI=1S/C21H28N4O4S/c26-17-3-1-10-24(17)11-2-9-22-19(27)15-6-4-14(5-7-15)13-25-20(28)18-16(8-12-30-18)23-21(25)29/h8,12,14-15H,1-7,9-11,13H2,(H,22,27)(H,23,29). The number of carbonyl (C=O) groups is 2. The first-order chi connectivity index (χ1) is 14.5. The zero-order chi connectivity index (χ0) is 21.1. The number of carbonyl (C=O) groups excluding carboxylic acids is 2. The molecule has 4 rings (SSSR count). The largest absolute Gasteiger partial charge is 0.356 e. The molecular weight excluding hydrogens is 404 g/mol. The Morgan fingerprint density at radius 1 is 1.20 bits per heavy atom. The van der Waals surface area contributed by atoms with E-state index >= 15 is 0 Å². The number of thiophene rings is 1. The molecule has 0 aromatic carbocycles. The maximum absolute atomic E-state index is 12.6. The molecule has 2 fully saturated rings. The predicted octanol–water partition coefficient (Wildman–Crippen LogP) is 1.69. The van der Waals surface area contributed by atoms with E-state index in [1.807, 2.05) is 4.90 Å². The summed E-state index contributed by atoms with van der Waals surface area (Å²) < 4.78 is 1.89. The third-order valence-electron chi connectivity index (χ3n) is 6.33. The van der Waals surface area contributed by atoms with E-state index in [9.17, 15) is 19.2 Å². The summed E-state index contributed by atoms with van der Waals surface area (Å²) in [7, 11) is 0. The molecule has 2 aromatic rings. The van der Waals surface area contributed by atoms with E-state index in [0.29, 0.717) is 36.3 Å². The van der Waals surface area contributed by atoms with Crippen molar-refractivity contribution in [3.05, 3.63) is 32.3 Å². The highest BCUT2D eigenvalue weighted by Crippen LogP contribution is 2.29. The van der Waals surface area contributed by atoms with Crippen LogP contribution in [0.5, 0.6) is 0 Å². The number of likely N-dealkylation sites (tertiary alicyclic amines) is 1. The molecule has 2 amide bonds. The van der Waals surface area contributed by atoms with Crippen molar-refractivity contribution in [1.29, 1.82) is 0 Å². The first-order valence-electron chi connectivity index (χ1n) is 10.8. The smallest absolute Gasteiger partial charge is 0.328 e. The number of hydrogen-bond donors (Lipinski definition) is 2. The van der Waals surface area contributed by atoms with Crippen molar-refractivity contribution >= 4 is 33.4 Å². The van der Waals surface area contributed by atoms with Gasteiger partial charge in [0, 0.05) is 38.5 Å². The first kappa shape index (κ1) is 20.8. The van der Waals surface area contributed by atoms with Crippen molar-refractivity contribution in [2.75, 3.05) is 19.6 Å². The average molecular weight is 433 g/mol. The van der Waals surface area contributed by atoms with Crippen molar-refractivity contribution in [1.82, 2.24) is 19.8 Å². The highest BCUT2D eigenvalue weighted by Gasteiger charge is 2.27. The van der Waals surface area contributed by atoms with E-state index in [4.69, 9.17) is 0 Å². The Morgan fingerprint density at radius 3 is 2.73 bits per heavy atom. The van der Waals surface area contributed by atoms with E-state index < -0.39 is 0 Å². The van der Waals surface area contributed by atoms with Gasteiger partial charge >= 0.3 is 5.69 Å². The number of rotatable bonds is 7. The maximum atomic E-state index is 12.6. The highest BCUT2D eigenvalue weighted by molar-refractivity contribution is 7.17. The van der Waals surface area contributed by atoms with Gasteiger partial charge in [0.05, 0.1) is 5.52 Å². The van der Waals surface area contributed by atoms with E-state index in [0.717, 1.165) is 45.1 Å². The number of H-pyrrole nitrogens is 1. The predicted molar refractivity (Wildman–Crippen MR) is 116 cm³/mol. The normalized spacial score (nSPS) is 22.0. The van der Waals surface area contributed by atoms with Crippen LogP contribution >= 0.6 is 11.3 Å². The molecule has 9 heteroatoms. The van der Waals surface area contributed by atoms with Crippen LogP contribution < -0.4 is 16.6 Å². The molecule has 1 saturated heterocycles. The minimum atomic E-state index is -0.359. The fourth-order valence-electron chi connectivity index (χ4n) is 4.57. The Balaban J connectivity index is 1.23. The van der Waals surface area contributed by atoms with E-state index in [1.165, 1.54) is 15.9 Å².